The fourth-order valence-corrected chi connectivity index (χ4v) is 5.76. The van der Waals surface area contributed by atoms with E-state index in [-0.39, 0.29) is 44.1 Å². The number of hydrogen-bond donors (Lipinski definition) is 3. The maximum absolute atomic E-state index is 13.1. The fourth-order valence-electron chi connectivity index (χ4n) is 5.76. The van der Waals surface area contributed by atoms with Crippen molar-refractivity contribution in [3.05, 3.63) is 69.6 Å². The topological polar surface area (TPSA) is 182 Å². The van der Waals surface area contributed by atoms with Crippen LogP contribution >= 0.6 is 0 Å². The second-order valence-corrected chi connectivity index (χ2v) is 13.9. The number of alkyl carbamates (subject to hydrolysis) is 1. The summed E-state index contributed by atoms with van der Waals surface area (Å²) in [4.78, 5) is 60.8. The van der Waals surface area contributed by atoms with Gasteiger partial charge in [-0.15, -0.1) is 0 Å². The number of carbonyl (C=O) groups is 4. The molecule has 1 aromatic heterocycles. The predicted octanol–water partition coefficient (Wildman–Crippen LogP) is 3.21. The minimum Gasteiger partial charge on any atom is -0.444 e. The largest absolute Gasteiger partial charge is 0.444 e. The van der Waals surface area contributed by atoms with E-state index in [0.29, 0.717) is 49.3 Å². The molecule has 1 saturated heterocycles. The number of benzene rings is 2. The number of rotatable bonds is 15. The maximum Gasteiger partial charge on any atom is 0.407 e. The monoisotopic (exact) mass is 743 g/mol. The number of carbonyl (C=O) groups excluding carboxylic acids is 4. The van der Waals surface area contributed by atoms with Crippen LogP contribution in [0.2, 0.25) is 0 Å². The molecule has 4 N–H and O–H groups in total. The summed E-state index contributed by atoms with van der Waals surface area (Å²) in [6.07, 6.45) is 0.535. The minimum atomic E-state index is -0.757. The molecule has 0 aliphatic carbocycles. The first-order valence-corrected chi connectivity index (χ1v) is 17.9. The Morgan fingerprint density at radius 3 is 2.35 bits per heavy atom. The molecule has 1 aliphatic heterocycles. The zero-order valence-electron chi connectivity index (χ0n) is 31.5. The molecule has 0 radical (unpaired) electrons. The van der Waals surface area contributed by atoms with Gasteiger partial charge in [0.05, 0.1) is 48.6 Å². The molecular formula is C40H49N5O9. The van der Waals surface area contributed by atoms with E-state index in [1.807, 2.05) is 37.3 Å². The first-order chi connectivity index (χ1) is 25.7. The number of ether oxygens (including phenoxy) is 4. The first-order valence-electron chi connectivity index (χ1n) is 17.9. The van der Waals surface area contributed by atoms with Crippen LogP contribution in [0.25, 0.3) is 11.0 Å². The van der Waals surface area contributed by atoms with Crippen LogP contribution < -0.4 is 22.1 Å². The van der Waals surface area contributed by atoms with Gasteiger partial charge in [0.2, 0.25) is 17.7 Å². The Morgan fingerprint density at radius 1 is 1.02 bits per heavy atom. The van der Waals surface area contributed by atoms with Gasteiger partial charge in [-0.05, 0) is 76.8 Å². The molecule has 2 aromatic carbocycles. The Morgan fingerprint density at radius 2 is 1.70 bits per heavy atom. The lowest BCUT2D eigenvalue weighted by atomic mass is 10.1. The van der Waals surface area contributed by atoms with Crippen molar-refractivity contribution in [3.8, 4) is 23.7 Å². The average Bonchev–Trinajstić information content (AvgIpc) is 3.36. The number of para-hydroxylation sites is 1. The molecule has 3 atom stereocenters. The average molecular weight is 744 g/mol. The van der Waals surface area contributed by atoms with Crippen LogP contribution in [0, 0.1) is 23.7 Å². The zero-order chi connectivity index (χ0) is 39.3. The Labute approximate surface area is 315 Å². The number of nitrogens with two attached hydrogens (primary N) is 1. The van der Waals surface area contributed by atoms with Crippen LogP contribution in [0.4, 0.5) is 4.79 Å². The molecule has 14 nitrogen and oxygen atoms in total. The molecule has 3 aromatic rings. The highest BCUT2D eigenvalue weighted by Gasteiger charge is 2.31. The van der Waals surface area contributed by atoms with Gasteiger partial charge < -0.3 is 30.0 Å². The van der Waals surface area contributed by atoms with E-state index in [2.05, 4.69) is 34.3 Å². The Hall–Kier alpha value is -5.41. The minimum absolute atomic E-state index is 0.104. The van der Waals surface area contributed by atoms with Crippen molar-refractivity contribution in [2.75, 3.05) is 26.4 Å². The van der Waals surface area contributed by atoms with Gasteiger partial charge in [-0.1, -0.05) is 41.9 Å². The lowest BCUT2D eigenvalue weighted by molar-refractivity contribution is -0.135. The molecule has 4 rings (SSSR count). The van der Waals surface area contributed by atoms with E-state index in [1.165, 1.54) is 9.13 Å². The number of nitrogens with zero attached hydrogens (tertiary/aromatic N) is 2. The summed E-state index contributed by atoms with van der Waals surface area (Å²) in [5, 5.41) is 5.11. The number of piperidine rings is 1. The lowest BCUT2D eigenvalue weighted by Crippen LogP contribution is -2.45. The highest BCUT2D eigenvalue weighted by Crippen LogP contribution is 2.24. The van der Waals surface area contributed by atoms with Crippen molar-refractivity contribution in [1.29, 1.82) is 0 Å². The molecule has 0 spiro atoms. The van der Waals surface area contributed by atoms with Crippen LogP contribution in [-0.4, -0.2) is 77.1 Å². The SMILES string of the molecule is C[C@@H](OCc1ccc(C#CCOCCCOCC#Cc2cccc3c2n(C)c(=O)n3C2CCC(=O)NC2=O)cc1)[C@H](CCC(N)=O)NC(=O)OC(C)(C)C. The summed E-state index contributed by atoms with van der Waals surface area (Å²) in [6.45, 7) is 8.81. The number of nitrogens with one attached hydrogen (secondary N) is 2. The van der Waals surface area contributed by atoms with Gasteiger partial charge in [0.15, 0.2) is 0 Å². The number of primary amides is 1. The summed E-state index contributed by atoms with van der Waals surface area (Å²) in [5.74, 6) is 10.9. The zero-order valence-corrected chi connectivity index (χ0v) is 31.5. The number of amides is 4. The third-order valence-electron chi connectivity index (χ3n) is 8.44. The van der Waals surface area contributed by atoms with E-state index >= 15 is 0 Å². The molecular weight excluding hydrogens is 694 g/mol. The molecule has 1 fully saturated rings. The second kappa shape index (κ2) is 19.6. The third-order valence-corrected chi connectivity index (χ3v) is 8.44. The van der Waals surface area contributed by atoms with Crippen molar-refractivity contribution in [2.45, 2.75) is 90.2 Å². The Balaban J connectivity index is 1.15. The van der Waals surface area contributed by atoms with Crippen molar-refractivity contribution >= 4 is 34.8 Å². The molecule has 1 unspecified atom stereocenters. The van der Waals surface area contributed by atoms with E-state index in [4.69, 9.17) is 24.7 Å². The third kappa shape index (κ3) is 12.3. The van der Waals surface area contributed by atoms with Gasteiger partial charge in [0.1, 0.15) is 24.9 Å². The van der Waals surface area contributed by atoms with Crippen molar-refractivity contribution in [2.24, 2.45) is 12.8 Å². The summed E-state index contributed by atoms with van der Waals surface area (Å²) in [7, 11) is 1.64. The van der Waals surface area contributed by atoms with E-state index in [0.717, 1.165) is 11.1 Å². The van der Waals surface area contributed by atoms with Crippen LogP contribution in [-0.2, 0) is 47.0 Å². The number of imide groups is 1. The van der Waals surface area contributed by atoms with Gasteiger partial charge in [0, 0.05) is 25.5 Å². The predicted molar refractivity (Wildman–Crippen MR) is 201 cm³/mol. The molecule has 4 amide bonds. The van der Waals surface area contributed by atoms with Crippen LogP contribution in [0.1, 0.15) is 82.5 Å². The van der Waals surface area contributed by atoms with Gasteiger partial charge in [0.25, 0.3) is 0 Å². The first kappa shape index (κ1) is 41.3. The second-order valence-electron chi connectivity index (χ2n) is 13.9. The standard InChI is InChI=1S/C40H49N5O9/c1-27(31(18-20-34(41)46)42-38(49)54-40(2,3)4)53-26-29-16-14-28(15-17-29)10-7-22-51-24-9-25-52-23-8-12-30-11-6-13-32-36(30)44(5)39(50)45(32)33-19-21-35(47)43-37(33)48/h6,11,13-17,27,31,33H,9,18-26H2,1-5H3,(H2,41,46)(H,42,49)(H,43,47,48)/t27-,31+,33?/m1/s1. The van der Waals surface area contributed by atoms with Gasteiger partial charge in [-0.25, -0.2) is 9.59 Å². The van der Waals surface area contributed by atoms with E-state index < -0.39 is 41.7 Å². The Bertz CT molecular complexity index is 1990. The number of imidazole rings is 1. The maximum atomic E-state index is 13.1. The number of aryl methyl sites for hydroxylation is 1. The fraction of sp³-hybridized carbons (Fsp3) is 0.475. The quantitative estimate of drug-likeness (QED) is 0.120. The summed E-state index contributed by atoms with van der Waals surface area (Å²) in [6, 6.07) is 11.8. The molecule has 54 heavy (non-hydrogen) atoms. The number of hydrogen-bond acceptors (Lipinski definition) is 9. The van der Waals surface area contributed by atoms with Gasteiger partial charge in [-0.2, -0.15) is 0 Å². The summed E-state index contributed by atoms with van der Waals surface area (Å²) < 4.78 is 25.5. The summed E-state index contributed by atoms with van der Waals surface area (Å²) in [5.41, 5.74) is 7.90. The van der Waals surface area contributed by atoms with Crippen molar-refractivity contribution < 1.29 is 38.1 Å². The molecule has 288 valence electrons. The van der Waals surface area contributed by atoms with Crippen LogP contribution in [0.15, 0.2) is 47.3 Å². The van der Waals surface area contributed by atoms with Crippen molar-refractivity contribution in [3.63, 3.8) is 0 Å². The molecule has 1 aliphatic rings. The van der Waals surface area contributed by atoms with Crippen LogP contribution in [0.5, 0.6) is 0 Å². The van der Waals surface area contributed by atoms with E-state index in [9.17, 15) is 24.0 Å². The van der Waals surface area contributed by atoms with Crippen molar-refractivity contribution in [1.82, 2.24) is 19.8 Å². The number of aromatic nitrogens is 2. The van der Waals surface area contributed by atoms with E-state index in [1.54, 1.807) is 40.0 Å². The van der Waals surface area contributed by atoms with Gasteiger partial charge in [-0.3, -0.25) is 28.8 Å². The smallest absolute Gasteiger partial charge is 0.407 e. The summed E-state index contributed by atoms with van der Waals surface area (Å²) >= 11 is 0. The Kier molecular flexibility index (Phi) is 15.0. The highest BCUT2D eigenvalue weighted by atomic mass is 16.6. The number of fused-ring (bicyclic) bond motifs is 1. The molecule has 0 bridgehead atoms. The molecule has 14 heteroatoms. The normalized spacial score (nSPS) is 15.3. The van der Waals surface area contributed by atoms with Crippen LogP contribution in [0.3, 0.4) is 0 Å². The highest BCUT2D eigenvalue weighted by molar-refractivity contribution is 6.00. The van der Waals surface area contributed by atoms with Gasteiger partial charge >= 0.3 is 11.8 Å². The molecule has 2 heterocycles. The molecule has 0 saturated carbocycles. The lowest BCUT2D eigenvalue weighted by Gasteiger charge is -2.27.